The largest absolute Gasteiger partial charge is 0.444 e. The lowest BCUT2D eigenvalue weighted by Crippen LogP contribution is -2.38. The van der Waals surface area contributed by atoms with E-state index >= 15 is 0 Å². The van der Waals surface area contributed by atoms with E-state index < -0.39 is 46.9 Å². The van der Waals surface area contributed by atoms with Crippen molar-refractivity contribution in [2.45, 2.75) is 52.2 Å². The Hall–Kier alpha value is -3.69. The van der Waals surface area contributed by atoms with Crippen molar-refractivity contribution in [3.63, 3.8) is 0 Å². The number of carbonyl (C=O) groups excluding carboxylic acids is 3. The van der Waals surface area contributed by atoms with E-state index in [9.17, 15) is 19.2 Å². The Morgan fingerprint density at radius 1 is 1.09 bits per heavy atom. The van der Waals surface area contributed by atoms with Gasteiger partial charge in [-0.1, -0.05) is 18.2 Å². The van der Waals surface area contributed by atoms with Crippen LogP contribution in [0.4, 0.5) is 4.79 Å². The van der Waals surface area contributed by atoms with E-state index in [0.29, 0.717) is 19.4 Å². The highest BCUT2D eigenvalue weighted by molar-refractivity contribution is 5.91. The highest BCUT2D eigenvalue weighted by atomic mass is 16.6. The van der Waals surface area contributed by atoms with Crippen molar-refractivity contribution in [3.05, 3.63) is 52.1 Å². The van der Waals surface area contributed by atoms with Gasteiger partial charge in [0.1, 0.15) is 11.4 Å². The molecule has 1 aromatic carbocycles. The van der Waals surface area contributed by atoms with Gasteiger partial charge < -0.3 is 14.2 Å². The zero-order chi connectivity index (χ0) is 24.3. The van der Waals surface area contributed by atoms with Gasteiger partial charge in [0.05, 0.1) is 11.6 Å². The Labute approximate surface area is 191 Å². The molecule has 1 aromatic heterocycles. The number of aromatic nitrogens is 2. The number of hydrogen-bond acceptors (Lipinski definition) is 8. The van der Waals surface area contributed by atoms with Gasteiger partial charge in [0, 0.05) is 20.5 Å². The molecular formula is C23H27N3O7. The minimum Gasteiger partial charge on any atom is -0.444 e. The third kappa shape index (κ3) is 5.57. The fourth-order valence-electron chi connectivity index (χ4n) is 3.47. The van der Waals surface area contributed by atoms with Crippen LogP contribution in [0.1, 0.15) is 62.8 Å². The number of carbonyl (C=O) groups is 3. The number of likely N-dealkylation sites (tertiary alicyclic amines) is 1. The van der Waals surface area contributed by atoms with Gasteiger partial charge >= 0.3 is 23.6 Å². The topological polar surface area (TPSA) is 117 Å². The summed E-state index contributed by atoms with van der Waals surface area (Å²) in [6.45, 7) is 6.85. The summed E-state index contributed by atoms with van der Waals surface area (Å²) in [6.07, 6.45) is 0.670. The second-order valence-corrected chi connectivity index (χ2v) is 8.65. The molecular weight excluding hydrogens is 430 g/mol. The molecule has 0 spiro atoms. The van der Waals surface area contributed by atoms with E-state index in [1.807, 2.05) is 0 Å². The lowest BCUT2D eigenvalue weighted by Gasteiger charge is -2.29. The van der Waals surface area contributed by atoms with Crippen molar-refractivity contribution in [1.82, 2.24) is 14.5 Å². The standard InChI is InChI=1S/C23H27N3O7/c1-14(27)31-19-17(32-21(29)15-10-7-6-8-11-15)20(28)25(5)18(24-19)16-12-9-13-26(16)22(30)33-23(2,3)4/h6-8,10-11,16H,9,12-13H2,1-5H3. The van der Waals surface area contributed by atoms with Crippen molar-refractivity contribution in [2.24, 2.45) is 7.05 Å². The zero-order valence-corrected chi connectivity index (χ0v) is 19.3. The van der Waals surface area contributed by atoms with Crippen LogP contribution in [0.25, 0.3) is 0 Å². The average Bonchev–Trinajstić information content (AvgIpc) is 3.22. The van der Waals surface area contributed by atoms with Crippen molar-refractivity contribution in [3.8, 4) is 11.6 Å². The molecule has 1 amide bonds. The zero-order valence-electron chi connectivity index (χ0n) is 19.3. The first-order chi connectivity index (χ1) is 15.5. The Morgan fingerprint density at radius 2 is 1.76 bits per heavy atom. The van der Waals surface area contributed by atoms with Gasteiger partial charge in [-0.3, -0.25) is 19.1 Å². The number of amides is 1. The van der Waals surface area contributed by atoms with E-state index in [1.54, 1.807) is 39.0 Å². The smallest absolute Gasteiger partial charge is 0.410 e. The molecule has 1 aliphatic rings. The van der Waals surface area contributed by atoms with Crippen LogP contribution in [0.15, 0.2) is 35.1 Å². The van der Waals surface area contributed by atoms with Gasteiger partial charge in [0.25, 0.3) is 11.6 Å². The molecule has 0 radical (unpaired) electrons. The number of benzene rings is 1. The van der Waals surface area contributed by atoms with Crippen LogP contribution in [-0.4, -0.2) is 44.6 Å². The number of rotatable bonds is 4. The molecule has 10 nitrogen and oxygen atoms in total. The summed E-state index contributed by atoms with van der Waals surface area (Å²) in [5.41, 5.74) is -1.21. The molecule has 2 heterocycles. The third-order valence-electron chi connectivity index (χ3n) is 4.88. The Bertz CT molecular complexity index is 1120. The quantitative estimate of drug-likeness (QED) is 0.643. The first kappa shape index (κ1) is 24.0. The molecule has 1 saturated heterocycles. The molecule has 1 unspecified atom stereocenters. The maximum atomic E-state index is 13.1. The molecule has 1 aliphatic heterocycles. The predicted molar refractivity (Wildman–Crippen MR) is 117 cm³/mol. The molecule has 0 saturated carbocycles. The van der Waals surface area contributed by atoms with Gasteiger partial charge in [-0.2, -0.15) is 4.98 Å². The summed E-state index contributed by atoms with van der Waals surface area (Å²) in [5.74, 6) is -2.28. The van der Waals surface area contributed by atoms with Crippen LogP contribution in [0.2, 0.25) is 0 Å². The average molecular weight is 457 g/mol. The summed E-state index contributed by atoms with van der Waals surface area (Å²) >= 11 is 0. The maximum Gasteiger partial charge on any atom is 0.410 e. The Balaban J connectivity index is 2.01. The number of esters is 2. The van der Waals surface area contributed by atoms with Crippen LogP contribution in [-0.2, 0) is 16.6 Å². The second-order valence-electron chi connectivity index (χ2n) is 8.65. The molecule has 0 aliphatic carbocycles. The van der Waals surface area contributed by atoms with Crippen LogP contribution in [0.5, 0.6) is 11.6 Å². The van der Waals surface area contributed by atoms with E-state index in [4.69, 9.17) is 14.2 Å². The molecule has 2 aromatic rings. The van der Waals surface area contributed by atoms with Gasteiger partial charge in [-0.25, -0.2) is 9.59 Å². The summed E-state index contributed by atoms with van der Waals surface area (Å²) in [7, 11) is 1.45. The lowest BCUT2D eigenvalue weighted by molar-refractivity contribution is -0.132. The lowest BCUT2D eigenvalue weighted by atomic mass is 10.2. The van der Waals surface area contributed by atoms with E-state index in [0.717, 1.165) is 6.92 Å². The molecule has 10 heteroatoms. The SMILES string of the molecule is CC(=O)Oc1nc(C2CCCN2C(=O)OC(C)(C)C)n(C)c(=O)c1OC(=O)c1ccccc1. The first-order valence-corrected chi connectivity index (χ1v) is 10.5. The molecule has 3 rings (SSSR count). The number of nitrogens with zero attached hydrogens (tertiary/aromatic N) is 3. The van der Waals surface area contributed by atoms with Gasteiger partial charge in [-0.05, 0) is 45.7 Å². The predicted octanol–water partition coefficient (Wildman–Crippen LogP) is 3.00. The highest BCUT2D eigenvalue weighted by Gasteiger charge is 2.37. The van der Waals surface area contributed by atoms with Gasteiger partial charge in [-0.15, -0.1) is 0 Å². The molecule has 0 N–H and O–H groups in total. The Kier molecular flexibility index (Phi) is 6.85. The van der Waals surface area contributed by atoms with Crippen LogP contribution in [0, 0.1) is 0 Å². The minimum absolute atomic E-state index is 0.194. The van der Waals surface area contributed by atoms with Crippen molar-refractivity contribution < 1.29 is 28.6 Å². The molecule has 33 heavy (non-hydrogen) atoms. The Morgan fingerprint density at radius 3 is 2.36 bits per heavy atom. The second kappa shape index (κ2) is 9.43. The summed E-state index contributed by atoms with van der Waals surface area (Å²) in [4.78, 5) is 55.9. The molecule has 1 atom stereocenters. The minimum atomic E-state index is -0.799. The van der Waals surface area contributed by atoms with E-state index in [1.165, 1.54) is 28.6 Å². The van der Waals surface area contributed by atoms with Gasteiger partial charge in [0.15, 0.2) is 0 Å². The van der Waals surface area contributed by atoms with Gasteiger partial charge in [0.2, 0.25) is 0 Å². The number of ether oxygens (including phenoxy) is 3. The van der Waals surface area contributed by atoms with E-state index in [2.05, 4.69) is 4.98 Å². The fraction of sp³-hybridized carbons (Fsp3) is 0.435. The number of hydrogen-bond donors (Lipinski definition) is 0. The van der Waals surface area contributed by atoms with Crippen molar-refractivity contribution in [2.75, 3.05) is 6.54 Å². The maximum absolute atomic E-state index is 13.1. The van der Waals surface area contributed by atoms with Crippen molar-refractivity contribution >= 4 is 18.0 Å². The normalized spacial score (nSPS) is 15.8. The third-order valence-corrected chi connectivity index (χ3v) is 4.88. The first-order valence-electron chi connectivity index (χ1n) is 10.5. The highest BCUT2D eigenvalue weighted by Crippen LogP contribution is 2.34. The summed E-state index contributed by atoms with van der Waals surface area (Å²) < 4.78 is 17.1. The monoisotopic (exact) mass is 457 g/mol. The summed E-state index contributed by atoms with van der Waals surface area (Å²) in [6, 6.07) is 7.50. The molecule has 176 valence electrons. The molecule has 0 bridgehead atoms. The van der Waals surface area contributed by atoms with Crippen LogP contribution >= 0.6 is 0 Å². The summed E-state index contributed by atoms with van der Waals surface area (Å²) in [5, 5.41) is 0. The van der Waals surface area contributed by atoms with Crippen LogP contribution in [0.3, 0.4) is 0 Å². The fourth-order valence-corrected chi connectivity index (χ4v) is 3.47. The molecule has 1 fully saturated rings. The van der Waals surface area contributed by atoms with E-state index in [-0.39, 0.29) is 11.4 Å². The van der Waals surface area contributed by atoms with Crippen LogP contribution < -0.4 is 15.0 Å². The van der Waals surface area contributed by atoms with Crippen molar-refractivity contribution in [1.29, 1.82) is 0 Å².